The lowest BCUT2D eigenvalue weighted by atomic mass is 9.74. The van der Waals surface area contributed by atoms with Gasteiger partial charge in [0, 0.05) is 6.04 Å². The van der Waals surface area contributed by atoms with Gasteiger partial charge in [-0.15, -0.1) is 10.2 Å². The van der Waals surface area contributed by atoms with Crippen LogP contribution >= 0.6 is 0 Å². The molecule has 102 valence electrons. The molecule has 2 rings (SSSR count). The summed E-state index contributed by atoms with van der Waals surface area (Å²) < 4.78 is 0. The van der Waals surface area contributed by atoms with E-state index < -0.39 is 0 Å². The van der Waals surface area contributed by atoms with E-state index in [9.17, 15) is 0 Å². The van der Waals surface area contributed by atoms with Crippen LogP contribution in [0.2, 0.25) is 0 Å². The number of nitrogens with zero attached hydrogens (tertiary/aromatic N) is 3. The average Bonchev–Trinajstić information content (AvgIpc) is 2.81. The van der Waals surface area contributed by atoms with Crippen LogP contribution in [0.3, 0.4) is 0 Å². The molecule has 0 bridgehead atoms. The van der Waals surface area contributed by atoms with E-state index in [-0.39, 0.29) is 6.04 Å². The molecule has 5 heteroatoms. The van der Waals surface area contributed by atoms with Crippen LogP contribution in [-0.4, -0.2) is 26.7 Å². The highest BCUT2D eigenvalue weighted by molar-refractivity contribution is 4.92. The number of nitrogens with one attached hydrogen (secondary N) is 2. The lowest BCUT2D eigenvalue weighted by Gasteiger charge is -2.39. The molecule has 18 heavy (non-hydrogen) atoms. The van der Waals surface area contributed by atoms with Crippen molar-refractivity contribution in [3.63, 3.8) is 0 Å². The molecule has 5 nitrogen and oxygen atoms in total. The maximum Gasteiger partial charge on any atom is 0.191 e. The quantitative estimate of drug-likeness (QED) is 0.861. The molecule has 2 N–H and O–H groups in total. The van der Waals surface area contributed by atoms with Gasteiger partial charge in [-0.3, -0.25) is 0 Å². The molecular weight excluding hydrogens is 226 g/mol. The minimum Gasteiger partial charge on any atom is -0.304 e. The van der Waals surface area contributed by atoms with Crippen LogP contribution in [0, 0.1) is 17.8 Å². The molecule has 0 radical (unpaired) electrons. The molecule has 0 spiro atoms. The summed E-state index contributed by atoms with van der Waals surface area (Å²) in [6.07, 6.45) is 3.94. The molecule has 1 aromatic heterocycles. The highest BCUT2D eigenvalue weighted by Crippen LogP contribution is 2.34. The van der Waals surface area contributed by atoms with Crippen molar-refractivity contribution in [3.05, 3.63) is 5.82 Å². The molecule has 1 aliphatic rings. The summed E-state index contributed by atoms with van der Waals surface area (Å²) in [5.41, 5.74) is 0. The minimum absolute atomic E-state index is 0.167. The fraction of sp³-hybridized carbons (Fsp3) is 0.923. The van der Waals surface area contributed by atoms with Crippen molar-refractivity contribution in [2.45, 2.75) is 59.0 Å². The number of hydrogen-bond donors (Lipinski definition) is 2. The maximum absolute atomic E-state index is 4.06. The molecule has 1 saturated carbocycles. The van der Waals surface area contributed by atoms with Gasteiger partial charge >= 0.3 is 0 Å². The van der Waals surface area contributed by atoms with E-state index >= 15 is 0 Å². The minimum atomic E-state index is 0.167. The number of H-pyrrole nitrogens is 1. The first-order chi connectivity index (χ1) is 8.58. The van der Waals surface area contributed by atoms with Gasteiger partial charge in [-0.25, -0.2) is 0 Å². The maximum atomic E-state index is 4.06. The van der Waals surface area contributed by atoms with Gasteiger partial charge < -0.3 is 5.32 Å². The van der Waals surface area contributed by atoms with Crippen LogP contribution < -0.4 is 5.32 Å². The molecule has 0 aromatic carbocycles. The number of rotatable bonds is 4. The van der Waals surface area contributed by atoms with E-state index in [1.54, 1.807) is 0 Å². The van der Waals surface area contributed by atoms with Crippen LogP contribution in [0.15, 0.2) is 0 Å². The van der Waals surface area contributed by atoms with Crippen LogP contribution in [0.4, 0.5) is 0 Å². The van der Waals surface area contributed by atoms with Gasteiger partial charge in [0.15, 0.2) is 5.82 Å². The van der Waals surface area contributed by atoms with Crippen LogP contribution in [0.1, 0.15) is 58.8 Å². The van der Waals surface area contributed by atoms with E-state index in [4.69, 9.17) is 0 Å². The first-order valence-electron chi connectivity index (χ1n) is 7.07. The number of hydrogen-bond acceptors (Lipinski definition) is 4. The van der Waals surface area contributed by atoms with E-state index in [0.29, 0.717) is 6.04 Å². The number of aromatic amines is 1. The molecular formula is C13H25N5. The summed E-state index contributed by atoms with van der Waals surface area (Å²) in [6.45, 7) is 9.12. The van der Waals surface area contributed by atoms with Crippen LogP contribution in [-0.2, 0) is 0 Å². The average molecular weight is 251 g/mol. The van der Waals surface area contributed by atoms with E-state index in [1.165, 1.54) is 19.3 Å². The zero-order valence-corrected chi connectivity index (χ0v) is 11.8. The molecule has 1 aromatic rings. The van der Waals surface area contributed by atoms with Gasteiger partial charge in [0.25, 0.3) is 0 Å². The van der Waals surface area contributed by atoms with Crippen molar-refractivity contribution < 1.29 is 0 Å². The second-order valence-corrected chi connectivity index (χ2v) is 6.09. The first kappa shape index (κ1) is 13.5. The molecule has 4 atom stereocenters. The highest BCUT2D eigenvalue weighted by atomic mass is 15.5. The summed E-state index contributed by atoms with van der Waals surface area (Å²) in [5, 5.41) is 18.0. The Morgan fingerprint density at radius 1 is 1.28 bits per heavy atom. The van der Waals surface area contributed by atoms with Crippen molar-refractivity contribution in [1.82, 2.24) is 25.9 Å². The van der Waals surface area contributed by atoms with Gasteiger partial charge in [-0.2, -0.15) is 5.21 Å². The summed E-state index contributed by atoms with van der Waals surface area (Å²) in [4.78, 5) is 0. The Balaban J connectivity index is 2.00. The van der Waals surface area contributed by atoms with Crippen LogP contribution in [0.25, 0.3) is 0 Å². The lowest BCUT2D eigenvalue weighted by molar-refractivity contribution is 0.160. The Morgan fingerprint density at radius 2 is 2.06 bits per heavy atom. The van der Waals surface area contributed by atoms with Gasteiger partial charge in [-0.05, 0) is 37.5 Å². The fourth-order valence-corrected chi connectivity index (χ4v) is 3.14. The number of aromatic nitrogens is 4. The standard InChI is InChI=1S/C13H25N5/c1-8(2)11-6-5-9(3)7-12(11)14-10(4)13-15-17-18-16-13/h8-12,14H,5-7H2,1-4H3,(H,15,16,17,18). The van der Waals surface area contributed by atoms with E-state index in [1.807, 2.05) is 0 Å². The Hall–Kier alpha value is -0.970. The highest BCUT2D eigenvalue weighted by Gasteiger charge is 2.31. The Bertz CT molecular complexity index is 348. The zero-order chi connectivity index (χ0) is 13.1. The molecule has 0 aliphatic heterocycles. The summed E-state index contributed by atoms with van der Waals surface area (Å²) in [7, 11) is 0. The Labute approximate surface area is 109 Å². The van der Waals surface area contributed by atoms with Crippen molar-refractivity contribution in [2.24, 2.45) is 17.8 Å². The molecule has 0 saturated heterocycles. The Kier molecular flexibility index (Phi) is 4.32. The van der Waals surface area contributed by atoms with Crippen molar-refractivity contribution in [3.8, 4) is 0 Å². The molecule has 4 unspecified atom stereocenters. The predicted molar refractivity (Wildman–Crippen MR) is 70.9 cm³/mol. The van der Waals surface area contributed by atoms with E-state index in [0.717, 1.165) is 23.6 Å². The topological polar surface area (TPSA) is 66.5 Å². The molecule has 0 amide bonds. The SMILES string of the molecule is CC1CCC(C(C)C)C(NC(C)c2nn[nH]n2)C1. The monoisotopic (exact) mass is 251 g/mol. The summed E-state index contributed by atoms with van der Waals surface area (Å²) in [5.74, 6) is 3.06. The van der Waals surface area contributed by atoms with Gasteiger partial charge in [0.05, 0.1) is 6.04 Å². The molecule has 1 heterocycles. The van der Waals surface area contributed by atoms with Crippen LogP contribution in [0.5, 0.6) is 0 Å². The third-order valence-corrected chi connectivity index (χ3v) is 4.24. The fourth-order valence-electron chi connectivity index (χ4n) is 3.14. The lowest BCUT2D eigenvalue weighted by Crippen LogP contribution is -2.44. The van der Waals surface area contributed by atoms with E-state index in [2.05, 4.69) is 53.6 Å². The first-order valence-corrected chi connectivity index (χ1v) is 7.07. The van der Waals surface area contributed by atoms with Crippen molar-refractivity contribution >= 4 is 0 Å². The third-order valence-electron chi connectivity index (χ3n) is 4.24. The Morgan fingerprint density at radius 3 is 2.67 bits per heavy atom. The molecule has 1 fully saturated rings. The molecule has 1 aliphatic carbocycles. The third kappa shape index (κ3) is 3.07. The second-order valence-electron chi connectivity index (χ2n) is 6.09. The normalized spacial score (nSPS) is 30.6. The zero-order valence-electron chi connectivity index (χ0n) is 11.8. The smallest absolute Gasteiger partial charge is 0.191 e. The second kappa shape index (κ2) is 5.78. The van der Waals surface area contributed by atoms with Crippen molar-refractivity contribution in [1.29, 1.82) is 0 Å². The van der Waals surface area contributed by atoms with Gasteiger partial charge in [0.2, 0.25) is 0 Å². The van der Waals surface area contributed by atoms with Gasteiger partial charge in [0.1, 0.15) is 0 Å². The summed E-state index contributed by atoms with van der Waals surface area (Å²) in [6, 6.07) is 0.738. The largest absolute Gasteiger partial charge is 0.304 e. The predicted octanol–water partition coefficient (Wildman–Crippen LogP) is 2.31. The van der Waals surface area contributed by atoms with Crippen molar-refractivity contribution in [2.75, 3.05) is 0 Å². The number of tetrazole rings is 1. The summed E-state index contributed by atoms with van der Waals surface area (Å²) >= 11 is 0. The van der Waals surface area contributed by atoms with Gasteiger partial charge in [-0.1, -0.05) is 32.4 Å².